The number of hydrogen-bond donors (Lipinski definition) is 1. The van der Waals surface area contributed by atoms with Crippen molar-refractivity contribution in [3.8, 4) is 6.07 Å². The molecule has 6 nitrogen and oxygen atoms in total. The van der Waals surface area contributed by atoms with Crippen LogP contribution in [-0.2, 0) is 5.75 Å². The number of hydrogen-bond acceptors (Lipinski definition) is 5. The van der Waals surface area contributed by atoms with Gasteiger partial charge < -0.3 is 15.1 Å². The number of nitrogens with one attached hydrogen (secondary N) is 1. The molecular weight excluding hydrogens is 377 g/mol. The number of rotatable bonds is 6. The van der Waals surface area contributed by atoms with Crippen LogP contribution in [0.4, 0.5) is 15.0 Å². The number of aromatic nitrogens is 1. The van der Waals surface area contributed by atoms with E-state index >= 15 is 0 Å². The van der Waals surface area contributed by atoms with E-state index in [4.69, 9.17) is 5.26 Å². The number of pyridine rings is 1. The molecule has 2 aromatic rings. The van der Waals surface area contributed by atoms with Crippen LogP contribution in [0.2, 0.25) is 0 Å². The van der Waals surface area contributed by atoms with Gasteiger partial charge in [0.05, 0.1) is 11.6 Å². The number of piperazine rings is 1. The molecule has 1 aliphatic rings. The van der Waals surface area contributed by atoms with E-state index in [1.165, 1.54) is 6.07 Å². The first-order valence-corrected chi connectivity index (χ1v) is 10.3. The Balaban J connectivity index is 1.36. The van der Waals surface area contributed by atoms with Crippen molar-refractivity contribution in [3.05, 3.63) is 59.5 Å². The van der Waals surface area contributed by atoms with Gasteiger partial charge in [0.2, 0.25) is 0 Å². The van der Waals surface area contributed by atoms with Crippen LogP contribution < -0.4 is 10.2 Å². The van der Waals surface area contributed by atoms with Gasteiger partial charge in [-0.15, -0.1) is 0 Å². The van der Waals surface area contributed by atoms with Gasteiger partial charge in [0.15, 0.2) is 0 Å². The van der Waals surface area contributed by atoms with Crippen molar-refractivity contribution < 1.29 is 9.18 Å². The van der Waals surface area contributed by atoms with E-state index in [9.17, 15) is 9.18 Å². The SMILES string of the molecule is N#Cc1ccnc(N2CCN(C(=O)NCCSCc3ccccc3F)CC2)c1. The molecule has 0 spiro atoms. The standard InChI is InChI=1S/C20H22FN5OS/c21-18-4-2-1-3-17(18)15-28-12-7-24-20(27)26-10-8-25(9-11-26)19-13-16(14-22)5-6-23-19/h1-6,13H,7-12,15H2,(H,24,27). The summed E-state index contributed by atoms with van der Waals surface area (Å²) in [5.74, 6) is 1.90. The molecule has 8 heteroatoms. The smallest absolute Gasteiger partial charge is 0.317 e. The van der Waals surface area contributed by atoms with Gasteiger partial charge in [0, 0.05) is 50.4 Å². The minimum Gasteiger partial charge on any atom is -0.353 e. The van der Waals surface area contributed by atoms with Gasteiger partial charge in [-0.3, -0.25) is 0 Å². The number of nitrogens with zero attached hydrogens (tertiary/aromatic N) is 4. The van der Waals surface area contributed by atoms with Crippen LogP contribution in [0.1, 0.15) is 11.1 Å². The molecule has 0 bridgehead atoms. The van der Waals surface area contributed by atoms with Gasteiger partial charge in [-0.2, -0.15) is 17.0 Å². The molecule has 28 heavy (non-hydrogen) atoms. The summed E-state index contributed by atoms with van der Waals surface area (Å²) in [7, 11) is 0. The fourth-order valence-electron chi connectivity index (χ4n) is 2.94. The third kappa shape index (κ3) is 5.36. The van der Waals surface area contributed by atoms with Crippen molar-refractivity contribution >= 4 is 23.6 Å². The third-order valence-electron chi connectivity index (χ3n) is 4.50. The number of carbonyl (C=O) groups is 1. The van der Waals surface area contributed by atoms with E-state index in [2.05, 4.69) is 21.3 Å². The molecule has 2 amide bonds. The lowest BCUT2D eigenvalue weighted by Crippen LogP contribution is -2.52. The fraction of sp³-hybridized carbons (Fsp3) is 0.350. The Hall–Kier alpha value is -2.79. The van der Waals surface area contributed by atoms with Crippen molar-refractivity contribution in [1.29, 1.82) is 5.26 Å². The number of urea groups is 1. The molecule has 1 saturated heterocycles. The highest BCUT2D eigenvalue weighted by molar-refractivity contribution is 7.98. The van der Waals surface area contributed by atoms with Gasteiger partial charge in [-0.05, 0) is 23.8 Å². The van der Waals surface area contributed by atoms with E-state index < -0.39 is 0 Å². The molecule has 1 fully saturated rings. The van der Waals surface area contributed by atoms with Gasteiger partial charge in [-0.25, -0.2) is 14.2 Å². The molecule has 1 aromatic heterocycles. The van der Waals surface area contributed by atoms with Crippen LogP contribution in [0.15, 0.2) is 42.6 Å². The molecule has 0 radical (unpaired) electrons. The number of anilines is 1. The van der Waals surface area contributed by atoms with E-state index in [-0.39, 0.29) is 11.8 Å². The third-order valence-corrected chi connectivity index (χ3v) is 5.51. The van der Waals surface area contributed by atoms with Crippen LogP contribution in [0, 0.1) is 17.1 Å². The summed E-state index contributed by atoms with van der Waals surface area (Å²) in [5, 5.41) is 11.9. The molecule has 0 aliphatic carbocycles. The Bertz CT molecular complexity index is 848. The Morgan fingerprint density at radius 3 is 2.79 bits per heavy atom. The molecular formula is C20H22FN5OS. The summed E-state index contributed by atoms with van der Waals surface area (Å²) in [6, 6.07) is 12.2. The molecule has 2 heterocycles. The second-order valence-corrected chi connectivity index (χ2v) is 7.47. The highest BCUT2D eigenvalue weighted by Gasteiger charge is 2.21. The van der Waals surface area contributed by atoms with Crippen molar-refractivity contribution in [3.63, 3.8) is 0 Å². The summed E-state index contributed by atoms with van der Waals surface area (Å²) >= 11 is 1.59. The number of thioether (sulfide) groups is 1. The maximum atomic E-state index is 13.6. The van der Waals surface area contributed by atoms with Crippen LogP contribution in [0.3, 0.4) is 0 Å². The second-order valence-electron chi connectivity index (χ2n) is 6.36. The van der Waals surface area contributed by atoms with E-state index in [0.717, 1.165) is 11.6 Å². The van der Waals surface area contributed by atoms with Crippen molar-refractivity contribution in [2.75, 3.05) is 43.4 Å². The molecule has 1 N–H and O–H groups in total. The summed E-state index contributed by atoms with van der Waals surface area (Å²) in [5.41, 5.74) is 1.27. The average Bonchev–Trinajstić information content (AvgIpc) is 2.74. The molecule has 3 rings (SSSR count). The number of nitriles is 1. The zero-order chi connectivity index (χ0) is 19.8. The Kier molecular flexibility index (Phi) is 7.09. The molecule has 0 unspecified atom stereocenters. The minimum absolute atomic E-state index is 0.0788. The average molecular weight is 399 g/mol. The van der Waals surface area contributed by atoms with Crippen LogP contribution in [0.5, 0.6) is 0 Å². The molecule has 0 atom stereocenters. The van der Waals surface area contributed by atoms with E-state index in [1.807, 2.05) is 6.07 Å². The highest BCUT2D eigenvalue weighted by atomic mass is 32.2. The second kappa shape index (κ2) is 9.95. The quantitative estimate of drug-likeness (QED) is 0.757. The van der Waals surface area contributed by atoms with E-state index in [1.54, 1.807) is 47.1 Å². The lowest BCUT2D eigenvalue weighted by atomic mass is 10.2. The monoisotopic (exact) mass is 399 g/mol. The molecule has 1 aliphatic heterocycles. The number of amides is 2. The summed E-state index contributed by atoms with van der Waals surface area (Å²) < 4.78 is 13.6. The first kappa shape index (κ1) is 20.0. The Morgan fingerprint density at radius 1 is 1.25 bits per heavy atom. The summed E-state index contributed by atoms with van der Waals surface area (Å²) in [6.45, 7) is 3.11. The fourth-order valence-corrected chi connectivity index (χ4v) is 3.78. The molecule has 0 saturated carbocycles. The zero-order valence-corrected chi connectivity index (χ0v) is 16.3. The zero-order valence-electron chi connectivity index (χ0n) is 15.5. The van der Waals surface area contributed by atoms with Crippen LogP contribution in [0.25, 0.3) is 0 Å². The largest absolute Gasteiger partial charge is 0.353 e. The number of carbonyl (C=O) groups excluding carboxylic acids is 1. The van der Waals surface area contributed by atoms with Gasteiger partial charge in [0.1, 0.15) is 11.6 Å². The van der Waals surface area contributed by atoms with Crippen LogP contribution >= 0.6 is 11.8 Å². The Morgan fingerprint density at radius 2 is 2.04 bits per heavy atom. The maximum absolute atomic E-state index is 13.6. The number of halogens is 1. The first-order chi connectivity index (χ1) is 13.7. The minimum atomic E-state index is -0.188. The predicted molar refractivity (Wildman–Crippen MR) is 109 cm³/mol. The lowest BCUT2D eigenvalue weighted by molar-refractivity contribution is 0.195. The van der Waals surface area contributed by atoms with Crippen molar-refractivity contribution in [2.45, 2.75) is 5.75 Å². The molecule has 1 aromatic carbocycles. The predicted octanol–water partition coefficient (Wildman–Crippen LogP) is 2.86. The van der Waals surface area contributed by atoms with Crippen molar-refractivity contribution in [1.82, 2.24) is 15.2 Å². The highest BCUT2D eigenvalue weighted by Crippen LogP contribution is 2.16. The van der Waals surface area contributed by atoms with Crippen molar-refractivity contribution in [2.24, 2.45) is 0 Å². The lowest BCUT2D eigenvalue weighted by Gasteiger charge is -2.35. The first-order valence-electron chi connectivity index (χ1n) is 9.12. The van der Waals surface area contributed by atoms with E-state index in [0.29, 0.717) is 49.6 Å². The number of benzene rings is 1. The summed E-state index contributed by atoms with van der Waals surface area (Å²) in [6.07, 6.45) is 1.63. The molecule has 146 valence electrons. The summed E-state index contributed by atoms with van der Waals surface area (Å²) in [4.78, 5) is 20.5. The van der Waals surface area contributed by atoms with Gasteiger partial charge in [0.25, 0.3) is 0 Å². The topological polar surface area (TPSA) is 72.3 Å². The van der Waals surface area contributed by atoms with Crippen LogP contribution in [-0.4, -0.2) is 54.4 Å². The Labute approximate surface area is 168 Å². The maximum Gasteiger partial charge on any atom is 0.317 e. The van der Waals surface area contributed by atoms with Gasteiger partial charge >= 0.3 is 6.03 Å². The van der Waals surface area contributed by atoms with Gasteiger partial charge in [-0.1, -0.05) is 18.2 Å². The normalized spacial score (nSPS) is 13.9.